The van der Waals surface area contributed by atoms with Crippen LogP contribution >= 0.6 is 11.8 Å². The summed E-state index contributed by atoms with van der Waals surface area (Å²) in [4.78, 5) is 24.0. The molecule has 0 aliphatic carbocycles. The first-order chi connectivity index (χ1) is 11.5. The van der Waals surface area contributed by atoms with Gasteiger partial charge in [-0.05, 0) is 37.6 Å². The Morgan fingerprint density at radius 1 is 1.46 bits per heavy atom. The Kier molecular flexibility index (Phi) is 6.21. The number of nitriles is 1. The first kappa shape index (κ1) is 17.8. The van der Waals surface area contributed by atoms with Gasteiger partial charge < -0.3 is 5.32 Å². The van der Waals surface area contributed by atoms with E-state index in [1.807, 2.05) is 13.0 Å². The molecule has 0 spiro atoms. The summed E-state index contributed by atoms with van der Waals surface area (Å²) >= 11 is 1.23. The maximum Gasteiger partial charge on any atom is 0.343 e. The molecule has 2 rings (SSSR count). The lowest BCUT2D eigenvalue weighted by atomic mass is 10.2. The average Bonchev–Trinajstić information content (AvgIpc) is 2.93. The Morgan fingerprint density at radius 3 is 2.79 bits per heavy atom. The van der Waals surface area contributed by atoms with Crippen LogP contribution in [0.3, 0.4) is 0 Å². The summed E-state index contributed by atoms with van der Waals surface area (Å²) in [6.45, 7) is 4.39. The molecule has 0 aliphatic rings. The van der Waals surface area contributed by atoms with Gasteiger partial charge in [-0.1, -0.05) is 25.1 Å². The second kappa shape index (κ2) is 8.36. The van der Waals surface area contributed by atoms with E-state index in [-0.39, 0.29) is 11.6 Å². The zero-order chi connectivity index (χ0) is 17.5. The third-order valence-electron chi connectivity index (χ3n) is 3.39. The van der Waals surface area contributed by atoms with Crippen molar-refractivity contribution in [1.82, 2.24) is 14.8 Å². The number of carbonyl (C=O) groups is 1. The molecule has 126 valence electrons. The van der Waals surface area contributed by atoms with Crippen molar-refractivity contribution in [2.24, 2.45) is 0 Å². The van der Waals surface area contributed by atoms with Crippen LogP contribution in [0.15, 0.2) is 34.2 Å². The minimum Gasteiger partial charge on any atom is -0.325 e. The molecule has 0 saturated carbocycles. The van der Waals surface area contributed by atoms with Gasteiger partial charge in [0.05, 0.1) is 16.9 Å². The van der Waals surface area contributed by atoms with Gasteiger partial charge >= 0.3 is 5.69 Å². The fourth-order valence-corrected chi connectivity index (χ4v) is 2.87. The number of thioether (sulfide) groups is 1. The number of benzene rings is 1. The first-order valence-corrected chi connectivity index (χ1v) is 8.56. The van der Waals surface area contributed by atoms with Gasteiger partial charge in [0, 0.05) is 12.2 Å². The van der Waals surface area contributed by atoms with Gasteiger partial charge in [-0.2, -0.15) is 5.26 Å². The SMILES string of the molecule is CCCCn1c(SC(C)C(=O)Nc2ccc(C#N)cc2)n[nH]c1=O. The Morgan fingerprint density at radius 2 is 2.17 bits per heavy atom. The molecule has 0 fully saturated rings. The molecule has 7 nitrogen and oxygen atoms in total. The van der Waals surface area contributed by atoms with Crippen LogP contribution < -0.4 is 11.0 Å². The summed E-state index contributed by atoms with van der Waals surface area (Å²) in [5, 5.41) is 18.1. The highest BCUT2D eigenvalue weighted by molar-refractivity contribution is 8.00. The van der Waals surface area contributed by atoms with Crippen molar-refractivity contribution in [2.75, 3.05) is 5.32 Å². The molecule has 8 heteroatoms. The molecule has 2 aromatic rings. The minimum absolute atomic E-state index is 0.192. The minimum atomic E-state index is -0.420. The number of aromatic nitrogens is 3. The number of carbonyl (C=O) groups excluding carboxylic acids is 1. The van der Waals surface area contributed by atoms with E-state index in [1.165, 1.54) is 11.8 Å². The topological polar surface area (TPSA) is 104 Å². The van der Waals surface area contributed by atoms with Gasteiger partial charge in [0.15, 0.2) is 5.16 Å². The molecule has 1 unspecified atom stereocenters. The van der Waals surface area contributed by atoms with Crippen LogP contribution in [0.5, 0.6) is 0 Å². The number of rotatable bonds is 7. The van der Waals surface area contributed by atoms with Crippen molar-refractivity contribution in [1.29, 1.82) is 5.26 Å². The smallest absolute Gasteiger partial charge is 0.325 e. The molecule has 0 radical (unpaired) electrons. The third-order valence-corrected chi connectivity index (χ3v) is 4.48. The van der Waals surface area contributed by atoms with Crippen molar-refractivity contribution in [3.63, 3.8) is 0 Å². The molecular weight excluding hydrogens is 326 g/mol. The van der Waals surface area contributed by atoms with Crippen LogP contribution in [0.1, 0.15) is 32.3 Å². The van der Waals surface area contributed by atoms with Gasteiger partial charge in [0.1, 0.15) is 0 Å². The van der Waals surface area contributed by atoms with Crippen molar-refractivity contribution in [2.45, 2.75) is 43.6 Å². The molecule has 1 aromatic heterocycles. The van der Waals surface area contributed by atoms with Gasteiger partial charge in [0.25, 0.3) is 0 Å². The van der Waals surface area contributed by atoms with E-state index in [0.29, 0.717) is 23.0 Å². The summed E-state index contributed by atoms with van der Waals surface area (Å²) in [6, 6.07) is 8.67. The van der Waals surface area contributed by atoms with E-state index in [4.69, 9.17) is 5.26 Å². The highest BCUT2D eigenvalue weighted by atomic mass is 32.2. The van der Waals surface area contributed by atoms with E-state index in [1.54, 1.807) is 35.8 Å². The Balaban J connectivity index is 2.01. The zero-order valence-electron chi connectivity index (χ0n) is 13.6. The predicted molar refractivity (Wildman–Crippen MR) is 92.9 cm³/mol. The zero-order valence-corrected chi connectivity index (χ0v) is 14.4. The molecule has 0 saturated heterocycles. The average molecular weight is 345 g/mol. The summed E-state index contributed by atoms with van der Waals surface area (Å²) in [5.74, 6) is -0.192. The Hall–Kier alpha value is -2.53. The largest absolute Gasteiger partial charge is 0.343 e. The molecule has 0 bridgehead atoms. The normalized spacial score (nSPS) is 11.7. The van der Waals surface area contributed by atoms with Gasteiger partial charge in [-0.3, -0.25) is 9.36 Å². The first-order valence-electron chi connectivity index (χ1n) is 7.68. The lowest BCUT2D eigenvalue weighted by Crippen LogP contribution is -2.24. The second-order valence-corrected chi connectivity index (χ2v) is 6.56. The Labute approximate surface area is 144 Å². The van der Waals surface area contributed by atoms with Crippen LogP contribution in [0.25, 0.3) is 0 Å². The van der Waals surface area contributed by atoms with Crippen LogP contribution in [0, 0.1) is 11.3 Å². The van der Waals surface area contributed by atoms with Crippen molar-refractivity contribution >= 4 is 23.4 Å². The second-order valence-electron chi connectivity index (χ2n) is 5.26. The molecule has 2 N–H and O–H groups in total. The lowest BCUT2D eigenvalue weighted by Gasteiger charge is -2.12. The number of nitrogens with one attached hydrogen (secondary N) is 2. The summed E-state index contributed by atoms with van der Waals surface area (Å²) in [5.41, 5.74) is 0.898. The molecule has 1 heterocycles. The van der Waals surface area contributed by atoms with E-state index < -0.39 is 5.25 Å². The number of nitrogens with zero attached hydrogens (tertiary/aromatic N) is 3. The maximum atomic E-state index is 12.3. The van der Waals surface area contributed by atoms with Crippen molar-refractivity contribution < 1.29 is 4.79 Å². The number of hydrogen-bond donors (Lipinski definition) is 2. The van der Waals surface area contributed by atoms with Crippen LogP contribution in [-0.4, -0.2) is 25.9 Å². The van der Waals surface area contributed by atoms with Crippen molar-refractivity contribution in [3.05, 3.63) is 40.3 Å². The van der Waals surface area contributed by atoms with Crippen molar-refractivity contribution in [3.8, 4) is 6.07 Å². The molecule has 1 amide bonds. The molecule has 1 atom stereocenters. The highest BCUT2D eigenvalue weighted by Gasteiger charge is 2.19. The molecule has 24 heavy (non-hydrogen) atoms. The van der Waals surface area contributed by atoms with E-state index >= 15 is 0 Å². The lowest BCUT2D eigenvalue weighted by molar-refractivity contribution is -0.115. The van der Waals surface area contributed by atoms with E-state index in [0.717, 1.165) is 12.8 Å². The number of anilines is 1. The monoisotopic (exact) mass is 345 g/mol. The van der Waals surface area contributed by atoms with E-state index in [9.17, 15) is 9.59 Å². The molecular formula is C16H19N5O2S. The maximum absolute atomic E-state index is 12.3. The van der Waals surface area contributed by atoms with Gasteiger partial charge in [0.2, 0.25) is 5.91 Å². The summed E-state index contributed by atoms with van der Waals surface area (Å²) in [6.07, 6.45) is 1.84. The molecule has 1 aromatic carbocycles. The fourth-order valence-electron chi connectivity index (χ4n) is 1.99. The van der Waals surface area contributed by atoms with Gasteiger partial charge in [-0.25, -0.2) is 9.89 Å². The fraction of sp³-hybridized carbons (Fsp3) is 0.375. The summed E-state index contributed by atoms with van der Waals surface area (Å²) in [7, 11) is 0. The number of H-pyrrole nitrogens is 1. The summed E-state index contributed by atoms with van der Waals surface area (Å²) < 4.78 is 1.56. The third kappa shape index (κ3) is 4.49. The van der Waals surface area contributed by atoms with Crippen LogP contribution in [0.4, 0.5) is 5.69 Å². The molecule has 0 aliphatic heterocycles. The Bertz CT molecular complexity index is 788. The number of unbranched alkanes of at least 4 members (excludes halogenated alkanes) is 1. The number of hydrogen-bond acceptors (Lipinski definition) is 5. The predicted octanol–water partition coefficient (Wildman–Crippen LogP) is 2.36. The number of aromatic amines is 1. The number of amides is 1. The quantitative estimate of drug-likeness (QED) is 0.750. The van der Waals surface area contributed by atoms with E-state index in [2.05, 4.69) is 15.5 Å². The van der Waals surface area contributed by atoms with Gasteiger partial charge in [-0.15, -0.1) is 5.10 Å². The van der Waals surface area contributed by atoms with Crippen LogP contribution in [0.2, 0.25) is 0 Å². The standard InChI is InChI=1S/C16H19N5O2S/c1-3-4-9-21-15(23)19-20-16(21)24-11(2)14(22)18-13-7-5-12(10-17)6-8-13/h5-8,11H,3-4,9H2,1-2H3,(H,18,22)(H,19,23). The van der Waals surface area contributed by atoms with Crippen LogP contribution in [-0.2, 0) is 11.3 Å². The highest BCUT2D eigenvalue weighted by Crippen LogP contribution is 2.21.